The molecule has 39 heavy (non-hydrogen) atoms. The van der Waals surface area contributed by atoms with E-state index in [0.29, 0.717) is 46.9 Å². The predicted molar refractivity (Wildman–Crippen MR) is 151 cm³/mol. The van der Waals surface area contributed by atoms with Gasteiger partial charge in [0.05, 0.1) is 24.1 Å². The zero-order valence-corrected chi connectivity index (χ0v) is 22.2. The van der Waals surface area contributed by atoms with Gasteiger partial charge in [-0.15, -0.1) is 0 Å². The molecule has 0 bridgehead atoms. The third kappa shape index (κ3) is 5.42. The summed E-state index contributed by atoms with van der Waals surface area (Å²) in [6.07, 6.45) is 0. The Hall–Kier alpha value is -4.44. The van der Waals surface area contributed by atoms with Gasteiger partial charge in [-0.2, -0.15) is 0 Å². The van der Waals surface area contributed by atoms with Crippen molar-refractivity contribution in [2.75, 3.05) is 55.6 Å². The molecule has 1 fully saturated rings. The van der Waals surface area contributed by atoms with Crippen molar-refractivity contribution in [1.29, 1.82) is 0 Å². The number of ether oxygens (including phenoxy) is 1. The molecule has 1 unspecified atom stereocenters. The SMILES string of the molecule is COc1ccc(N(C(=O)Nc2ccc(F)cc2)C(C)c2nc3ccccc3c(=O)n2N2CCN(C)CC2)cc1. The van der Waals surface area contributed by atoms with Gasteiger partial charge in [0.2, 0.25) is 0 Å². The lowest BCUT2D eigenvalue weighted by molar-refractivity contribution is 0.254. The van der Waals surface area contributed by atoms with Gasteiger partial charge in [-0.25, -0.2) is 18.8 Å². The van der Waals surface area contributed by atoms with E-state index in [9.17, 15) is 14.0 Å². The number of methoxy groups -OCH3 is 1. The van der Waals surface area contributed by atoms with Gasteiger partial charge in [-0.1, -0.05) is 12.1 Å². The number of nitrogens with one attached hydrogen (secondary N) is 1. The lowest BCUT2D eigenvalue weighted by Crippen LogP contribution is -2.55. The summed E-state index contributed by atoms with van der Waals surface area (Å²) in [5.74, 6) is 0.682. The molecule has 4 aromatic rings. The van der Waals surface area contributed by atoms with E-state index in [4.69, 9.17) is 9.72 Å². The van der Waals surface area contributed by atoms with Crippen molar-refractivity contribution in [3.8, 4) is 5.75 Å². The number of benzene rings is 3. The lowest BCUT2D eigenvalue weighted by atomic mass is 10.2. The Morgan fingerprint density at radius 2 is 1.67 bits per heavy atom. The number of piperazine rings is 1. The van der Waals surface area contributed by atoms with Crippen LogP contribution in [0.5, 0.6) is 5.75 Å². The standard InChI is InChI=1S/C29H31FN6O3/c1-20(27-32-26-7-5-4-6-25(26)28(37)36(27)34-18-16-33(2)17-19-34)35(23-12-14-24(39-3)15-13-23)29(38)31-22-10-8-21(30)9-11-22/h4-15,20H,16-19H2,1-3H3,(H,31,38). The van der Waals surface area contributed by atoms with Crippen LogP contribution in [0.1, 0.15) is 18.8 Å². The number of hydrogen-bond acceptors (Lipinski definition) is 6. The second kappa shape index (κ2) is 11.1. The minimum absolute atomic E-state index is 0.180. The van der Waals surface area contributed by atoms with E-state index in [1.807, 2.05) is 31.1 Å². The van der Waals surface area contributed by atoms with E-state index in [1.165, 1.54) is 24.3 Å². The van der Waals surface area contributed by atoms with E-state index in [2.05, 4.69) is 10.2 Å². The topological polar surface area (TPSA) is 82.9 Å². The van der Waals surface area contributed by atoms with Crippen molar-refractivity contribution in [2.45, 2.75) is 13.0 Å². The molecule has 202 valence electrons. The van der Waals surface area contributed by atoms with Gasteiger partial charge in [-0.3, -0.25) is 9.69 Å². The third-order valence-corrected chi connectivity index (χ3v) is 6.97. The average Bonchev–Trinajstić information content (AvgIpc) is 2.95. The summed E-state index contributed by atoms with van der Waals surface area (Å²) in [4.78, 5) is 36.3. The number of para-hydroxylation sites is 1. The lowest BCUT2D eigenvalue weighted by Gasteiger charge is -2.38. The molecule has 1 aromatic heterocycles. The Kier molecular flexibility index (Phi) is 7.47. The molecular formula is C29H31FN6O3. The van der Waals surface area contributed by atoms with Gasteiger partial charge in [0.1, 0.15) is 11.6 Å². The first-order valence-electron chi connectivity index (χ1n) is 12.8. The maximum atomic E-state index is 13.9. The Morgan fingerprint density at radius 3 is 2.33 bits per heavy atom. The Bertz CT molecular complexity index is 1520. The summed E-state index contributed by atoms with van der Waals surface area (Å²) >= 11 is 0. The van der Waals surface area contributed by atoms with Gasteiger partial charge < -0.3 is 20.0 Å². The van der Waals surface area contributed by atoms with E-state index < -0.39 is 17.9 Å². The van der Waals surface area contributed by atoms with Crippen LogP contribution in [0, 0.1) is 5.82 Å². The number of aromatic nitrogens is 2. The number of nitrogens with zero attached hydrogens (tertiary/aromatic N) is 5. The number of carbonyl (C=O) groups excluding carboxylic acids is 1. The van der Waals surface area contributed by atoms with Crippen LogP contribution in [-0.2, 0) is 0 Å². The van der Waals surface area contributed by atoms with Crippen molar-refractivity contribution in [3.63, 3.8) is 0 Å². The normalized spacial score (nSPS) is 14.7. The summed E-state index contributed by atoms with van der Waals surface area (Å²) < 4.78 is 20.4. The average molecular weight is 531 g/mol. The van der Waals surface area contributed by atoms with E-state index in [0.717, 1.165) is 13.1 Å². The molecule has 10 heteroatoms. The Balaban J connectivity index is 1.62. The number of halogens is 1. The van der Waals surface area contributed by atoms with Crippen LogP contribution in [0.2, 0.25) is 0 Å². The van der Waals surface area contributed by atoms with Crippen LogP contribution in [0.25, 0.3) is 10.9 Å². The zero-order chi connectivity index (χ0) is 27.5. The second-order valence-corrected chi connectivity index (χ2v) is 9.54. The van der Waals surface area contributed by atoms with Gasteiger partial charge in [0, 0.05) is 37.6 Å². The van der Waals surface area contributed by atoms with Crippen molar-refractivity contribution in [3.05, 3.63) is 94.8 Å². The summed E-state index contributed by atoms with van der Waals surface area (Å²) in [5, 5.41) is 5.37. The molecule has 5 rings (SSSR count). The molecule has 0 spiro atoms. The van der Waals surface area contributed by atoms with Crippen LogP contribution in [0.15, 0.2) is 77.6 Å². The smallest absolute Gasteiger partial charge is 0.326 e. The van der Waals surface area contributed by atoms with Gasteiger partial charge >= 0.3 is 6.03 Å². The molecule has 0 radical (unpaired) electrons. The number of carbonyl (C=O) groups is 1. The highest BCUT2D eigenvalue weighted by Crippen LogP contribution is 2.29. The van der Waals surface area contributed by atoms with Gasteiger partial charge in [0.25, 0.3) is 5.56 Å². The highest BCUT2D eigenvalue weighted by molar-refractivity contribution is 6.02. The molecule has 1 saturated heterocycles. The first-order valence-corrected chi connectivity index (χ1v) is 12.8. The van der Waals surface area contributed by atoms with Crippen molar-refractivity contribution < 1.29 is 13.9 Å². The third-order valence-electron chi connectivity index (χ3n) is 6.97. The zero-order valence-electron chi connectivity index (χ0n) is 22.2. The van der Waals surface area contributed by atoms with Crippen LogP contribution < -0.4 is 25.5 Å². The highest BCUT2D eigenvalue weighted by atomic mass is 19.1. The summed E-state index contributed by atoms with van der Waals surface area (Å²) in [5.41, 5.74) is 1.40. The fraction of sp³-hybridized carbons (Fsp3) is 0.276. The minimum atomic E-state index is -0.657. The second-order valence-electron chi connectivity index (χ2n) is 9.54. The number of amides is 2. The molecule has 1 aliphatic heterocycles. The summed E-state index contributed by atoms with van der Waals surface area (Å²) in [6.45, 7) is 4.71. The molecule has 2 amide bonds. The maximum Gasteiger partial charge on any atom is 0.326 e. The first-order chi connectivity index (χ1) is 18.9. The highest BCUT2D eigenvalue weighted by Gasteiger charge is 2.30. The molecule has 9 nitrogen and oxygen atoms in total. The molecule has 0 aliphatic carbocycles. The number of urea groups is 1. The van der Waals surface area contributed by atoms with Crippen molar-refractivity contribution >= 4 is 28.3 Å². The van der Waals surface area contributed by atoms with Gasteiger partial charge in [-0.05, 0) is 74.6 Å². The molecule has 0 saturated carbocycles. The molecule has 3 aromatic carbocycles. The molecule has 2 heterocycles. The van der Waals surface area contributed by atoms with Crippen molar-refractivity contribution in [2.24, 2.45) is 0 Å². The van der Waals surface area contributed by atoms with Crippen LogP contribution in [0.3, 0.4) is 0 Å². The first kappa shape index (κ1) is 26.2. The Morgan fingerprint density at radius 1 is 1.00 bits per heavy atom. The fourth-order valence-electron chi connectivity index (χ4n) is 4.77. The van der Waals surface area contributed by atoms with Crippen LogP contribution in [0.4, 0.5) is 20.6 Å². The van der Waals surface area contributed by atoms with Crippen LogP contribution in [-0.4, -0.2) is 60.9 Å². The summed E-state index contributed by atoms with van der Waals surface area (Å²) in [7, 11) is 3.62. The number of rotatable bonds is 6. The van der Waals surface area contributed by atoms with E-state index in [-0.39, 0.29) is 5.56 Å². The quantitative estimate of drug-likeness (QED) is 0.402. The molecule has 1 atom stereocenters. The number of hydrogen-bond donors (Lipinski definition) is 1. The largest absolute Gasteiger partial charge is 0.497 e. The Labute approximate surface area is 226 Å². The van der Waals surface area contributed by atoms with E-state index in [1.54, 1.807) is 53.1 Å². The number of fused-ring (bicyclic) bond motifs is 1. The maximum absolute atomic E-state index is 13.9. The monoisotopic (exact) mass is 530 g/mol. The van der Waals surface area contributed by atoms with Gasteiger partial charge in [0.15, 0.2) is 5.82 Å². The minimum Gasteiger partial charge on any atom is -0.497 e. The number of likely N-dealkylation sites (N-methyl/N-ethyl adjacent to an activating group) is 1. The molecular weight excluding hydrogens is 499 g/mol. The molecule has 1 N–H and O–H groups in total. The van der Waals surface area contributed by atoms with Crippen molar-refractivity contribution in [1.82, 2.24) is 14.6 Å². The fourth-order valence-corrected chi connectivity index (χ4v) is 4.77. The summed E-state index contributed by atoms with van der Waals surface area (Å²) in [6, 6.07) is 18.8. The predicted octanol–water partition coefficient (Wildman–Crippen LogP) is 4.23. The van der Waals surface area contributed by atoms with Crippen LogP contribution >= 0.6 is 0 Å². The molecule has 1 aliphatic rings. The van der Waals surface area contributed by atoms with E-state index >= 15 is 0 Å². The number of anilines is 2.